The summed E-state index contributed by atoms with van der Waals surface area (Å²) in [4.78, 5) is 13.7. The molecule has 0 aliphatic carbocycles. The van der Waals surface area contributed by atoms with Crippen LogP contribution in [0.5, 0.6) is 5.75 Å². The van der Waals surface area contributed by atoms with Crippen molar-refractivity contribution in [1.82, 2.24) is 14.9 Å². The maximum atomic E-state index is 5.58. The summed E-state index contributed by atoms with van der Waals surface area (Å²) in [7, 11) is 0. The summed E-state index contributed by atoms with van der Waals surface area (Å²) in [5, 5.41) is 0. The minimum Gasteiger partial charge on any atom is -0.493 e. The summed E-state index contributed by atoms with van der Waals surface area (Å²) in [5.41, 5.74) is 3.81. The number of ether oxygens (including phenoxy) is 1. The van der Waals surface area contributed by atoms with Crippen molar-refractivity contribution in [1.29, 1.82) is 0 Å². The number of rotatable bonds is 4. The molecule has 1 saturated heterocycles. The van der Waals surface area contributed by atoms with Crippen LogP contribution in [0, 0.1) is 6.92 Å². The lowest BCUT2D eigenvalue weighted by Crippen LogP contribution is -2.47. The van der Waals surface area contributed by atoms with Crippen molar-refractivity contribution in [3.63, 3.8) is 0 Å². The Kier molecular flexibility index (Phi) is 4.34. The molecule has 1 aromatic carbocycles. The molecule has 3 heterocycles. The van der Waals surface area contributed by atoms with Crippen LogP contribution in [0.2, 0.25) is 0 Å². The Morgan fingerprint density at radius 2 is 1.92 bits per heavy atom. The quantitative estimate of drug-likeness (QED) is 0.861. The number of hydrogen-bond acceptors (Lipinski definition) is 5. The molecule has 5 heteroatoms. The van der Waals surface area contributed by atoms with Gasteiger partial charge < -0.3 is 9.64 Å². The monoisotopic (exact) mass is 324 g/mol. The molecule has 0 radical (unpaired) electrons. The second-order valence-electron chi connectivity index (χ2n) is 6.58. The van der Waals surface area contributed by atoms with Gasteiger partial charge in [0, 0.05) is 51.5 Å². The van der Waals surface area contributed by atoms with Crippen molar-refractivity contribution >= 4 is 5.82 Å². The zero-order valence-corrected chi connectivity index (χ0v) is 14.2. The Morgan fingerprint density at radius 1 is 1.08 bits per heavy atom. The van der Waals surface area contributed by atoms with E-state index in [1.165, 1.54) is 11.1 Å². The van der Waals surface area contributed by atoms with Crippen LogP contribution in [-0.2, 0) is 12.8 Å². The van der Waals surface area contributed by atoms with Gasteiger partial charge in [0.1, 0.15) is 11.6 Å². The number of anilines is 1. The lowest BCUT2D eigenvalue weighted by molar-refractivity contribution is 0.260. The van der Waals surface area contributed by atoms with Gasteiger partial charge in [-0.1, -0.05) is 12.1 Å². The SMILES string of the molecule is Cc1nccnc1N1CCN(CCc2ccc3c(c2)CCO3)CC1. The third-order valence-corrected chi connectivity index (χ3v) is 5.00. The normalized spacial score (nSPS) is 17.6. The molecule has 2 aliphatic rings. The van der Waals surface area contributed by atoms with Crippen LogP contribution in [0.25, 0.3) is 0 Å². The first-order valence-electron chi connectivity index (χ1n) is 8.79. The van der Waals surface area contributed by atoms with Gasteiger partial charge in [-0.05, 0) is 30.5 Å². The molecule has 24 heavy (non-hydrogen) atoms. The molecule has 2 aliphatic heterocycles. The second kappa shape index (κ2) is 6.77. The van der Waals surface area contributed by atoms with Crippen LogP contribution in [0.15, 0.2) is 30.6 Å². The Morgan fingerprint density at radius 3 is 2.75 bits per heavy atom. The molecule has 0 unspecified atom stereocenters. The highest BCUT2D eigenvalue weighted by Crippen LogP contribution is 2.26. The van der Waals surface area contributed by atoms with Gasteiger partial charge in [0.25, 0.3) is 0 Å². The smallest absolute Gasteiger partial charge is 0.150 e. The van der Waals surface area contributed by atoms with Gasteiger partial charge in [-0.25, -0.2) is 4.98 Å². The highest BCUT2D eigenvalue weighted by molar-refractivity contribution is 5.43. The summed E-state index contributed by atoms with van der Waals surface area (Å²) in [6.07, 6.45) is 5.71. The number of benzene rings is 1. The summed E-state index contributed by atoms with van der Waals surface area (Å²) in [6.45, 7) is 8.21. The van der Waals surface area contributed by atoms with Crippen LogP contribution in [0.3, 0.4) is 0 Å². The molecule has 1 fully saturated rings. The van der Waals surface area contributed by atoms with E-state index in [0.717, 1.165) is 69.4 Å². The molecule has 0 amide bonds. The molecule has 5 nitrogen and oxygen atoms in total. The fourth-order valence-corrected chi connectivity index (χ4v) is 3.58. The van der Waals surface area contributed by atoms with Crippen LogP contribution >= 0.6 is 0 Å². The Balaban J connectivity index is 1.30. The molecule has 1 aromatic heterocycles. The fourth-order valence-electron chi connectivity index (χ4n) is 3.58. The van der Waals surface area contributed by atoms with E-state index in [4.69, 9.17) is 4.74 Å². The highest BCUT2D eigenvalue weighted by Gasteiger charge is 2.19. The Bertz CT molecular complexity index is 710. The van der Waals surface area contributed by atoms with Crippen LogP contribution in [0.1, 0.15) is 16.8 Å². The van der Waals surface area contributed by atoms with Crippen LogP contribution in [0.4, 0.5) is 5.82 Å². The zero-order chi connectivity index (χ0) is 16.4. The van der Waals surface area contributed by atoms with Crippen molar-refractivity contribution in [2.75, 3.05) is 44.2 Å². The number of aryl methyl sites for hydroxylation is 1. The van der Waals surface area contributed by atoms with E-state index in [2.05, 4.69) is 38.0 Å². The first-order chi connectivity index (χ1) is 11.8. The molecule has 0 atom stereocenters. The molecule has 4 rings (SSSR count). The highest BCUT2D eigenvalue weighted by atomic mass is 16.5. The zero-order valence-electron chi connectivity index (χ0n) is 14.2. The average Bonchev–Trinajstić information content (AvgIpc) is 3.09. The number of hydrogen-bond donors (Lipinski definition) is 0. The van der Waals surface area contributed by atoms with E-state index >= 15 is 0 Å². The number of nitrogens with zero attached hydrogens (tertiary/aromatic N) is 4. The summed E-state index contributed by atoms with van der Waals surface area (Å²) < 4.78 is 5.58. The third kappa shape index (κ3) is 3.22. The largest absolute Gasteiger partial charge is 0.493 e. The lowest BCUT2D eigenvalue weighted by atomic mass is 10.1. The van der Waals surface area contributed by atoms with E-state index < -0.39 is 0 Å². The van der Waals surface area contributed by atoms with E-state index in [9.17, 15) is 0 Å². The van der Waals surface area contributed by atoms with Gasteiger partial charge in [0.15, 0.2) is 0 Å². The van der Waals surface area contributed by atoms with Gasteiger partial charge in [0.05, 0.1) is 12.3 Å². The molecule has 0 saturated carbocycles. The molecular weight excluding hydrogens is 300 g/mol. The van der Waals surface area contributed by atoms with Gasteiger partial charge >= 0.3 is 0 Å². The Labute approximate surface area is 143 Å². The van der Waals surface area contributed by atoms with Gasteiger partial charge in [-0.3, -0.25) is 9.88 Å². The maximum Gasteiger partial charge on any atom is 0.150 e. The second-order valence-corrected chi connectivity index (χ2v) is 6.58. The van der Waals surface area contributed by atoms with Gasteiger partial charge in [-0.2, -0.15) is 0 Å². The standard InChI is InChI=1S/C19H24N4O/c1-15-19(21-7-6-20-15)23-11-9-22(10-12-23)8-4-16-2-3-18-17(14-16)5-13-24-18/h2-3,6-7,14H,4-5,8-13H2,1H3. The molecular formula is C19H24N4O. The maximum absolute atomic E-state index is 5.58. The Hall–Kier alpha value is -2.14. The van der Waals surface area contributed by atoms with E-state index in [-0.39, 0.29) is 0 Å². The topological polar surface area (TPSA) is 41.5 Å². The molecule has 0 spiro atoms. The summed E-state index contributed by atoms with van der Waals surface area (Å²) in [6, 6.07) is 6.66. The fraction of sp³-hybridized carbons (Fsp3) is 0.474. The molecule has 2 aromatic rings. The van der Waals surface area contributed by atoms with Gasteiger partial charge in [0.2, 0.25) is 0 Å². The molecule has 126 valence electrons. The van der Waals surface area contributed by atoms with Crippen molar-refractivity contribution in [3.8, 4) is 5.75 Å². The first kappa shape index (κ1) is 15.4. The van der Waals surface area contributed by atoms with Crippen molar-refractivity contribution in [3.05, 3.63) is 47.4 Å². The molecule has 0 N–H and O–H groups in total. The van der Waals surface area contributed by atoms with E-state index in [1.807, 2.05) is 6.92 Å². The van der Waals surface area contributed by atoms with Crippen LogP contribution < -0.4 is 9.64 Å². The average molecular weight is 324 g/mol. The summed E-state index contributed by atoms with van der Waals surface area (Å²) in [5.74, 6) is 2.11. The van der Waals surface area contributed by atoms with Crippen molar-refractivity contribution in [2.24, 2.45) is 0 Å². The lowest BCUT2D eigenvalue weighted by Gasteiger charge is -2.35. The number of aromatic nitrogens is 2. The minimum absolute atomic E-state index is 0.836. The van der Waals surface area contributed by atoms with Crippen molar-refractivity contribution in [2.45, 2.75) is 19.8 Å². The number of fused-ring (bicyclic) bond motifs is 1. The van der Waals surface area contributed by atoms with Gasteiger partial charge in [-0.15, -0.1) is 0 Å². The van der Waals surface area contributed by atoms with E-state index in [0.29, 0.717) is 0 Å². The predicted molar refractivity (Wildman–Crippen MR) is 94.8 cm³/mol. The van der Waals surface area contributed by atoms with E-state index in [1.54, 1.807) is 12.4 Å². The third-order valence-electron chi connectivity index (χ3n) is 5.00. The minimum atomic E-state index is 0.836. The van der Waals surface area contributed by atoms with Crippen LogP contribution in [-0.4, -0.2) is 54.2 Å². The predicted octanol–water partition coefficient (Wildman–Crippen LogP) is 2.08. The van der Waals surface area contributed by atoms with Crippen molar-refractivity contribution < 1.29 is 4.74 Å². The summed E-state index contributed by atoms with van der Waals surface area (Å²) >= 11 is 0. The number of piperazine rings is 1. The molecule has 0 bridgehead atoms. The first-order valence-corrected chi connectivity index (χ1v) is 8.79.